The Bertz CT molecular complexity index is 323. The summed E-state index contributed by atoms with van der Waals surface area (Å²) < 4.78 is 5.96. The molecule has 3 nitrogen and oxygen atoms in total. The van der Waals surface area contributed by atoms with Crippen molar-refractivity contribution in [2.45, 2.75) is 12.5 Å². The van der Waals surface area contributed by atoms with Gasteiger partial charge in [0.2, 0.25) is 0 Å². The van der Waals surface area contributed by atoms with Crippen LogP contribution in [-0.4, -0.2) is 13.1 Å². The number of esters is 1. The number of ether oxygens (including phenoxy) is 1. The van der Waals surface area contributed by atoms with Crippen LogP contribution < -0.4 is 5.73 Å². The lowest BCUT2D eigenvalue weighted by Gasteiger charge is -2.06. The number of methoxy groups -OCH3 is 1. The standard InChI is InChI=1S/C8H9BrClNO2S/c1-13-7(12)3-5(11)6-2-4(9)8(10)14-6/h2,5H,3,11H2,1H3/t5-/m0/s1. The normalized spacial score (nSPS) is 12.6. The third-order valence-electron chi connectivity index (χ3n) is 1.64. The first-order valence-corrected chi connectivity index (χ1v) is 5.80. The first-order chi connectivity index (χ1) is 6.54. The summed E-state index contributed by atoms with van der Waals surface area (Å²) >= 11 is 10.5. The Hall–Kier alpha value is -0.100. The fraction of sp³-hybridized carbons (Fsp3) is 0.375. The minimum absolute atomic E-state index is 0.166. The summed E-state index contributed by atoms with van der Waals surface area (Å²) in [6, 6.07) is 1.47. The number of rotatable bonds is 3. The lowest BCUT2D eigenvalue weighted by atomic mass is 10.2. The lowest BCUT2D eigenvalue weighted by molar-refractivity contribution is -0.141. The summed E-state index contributed by atoms with van der Waals surface area (Å²) in [4.78, 5) is 11.8. The zero-order valence-corrected chi connectivity index (χ0v) is 10.6. The highest BCUT2D eigenvalue weighted by Gasteiger charge is 2.15. The van der Waals surface area contributed by atoms with E-state index in [-0.39, 0.29) is 18.4 Å². The summed E-state index contributed by atoms with van der Waals surface area (Å²) in [7, 11) is 1.34. The monoisotopic (exact) mass is 297 g/mol. The highest BCUT2D eigenvalue weighted by Crippen LogP contribution is 2.35. The van der Waals surface area contributed by atoms with Gasteiger partial charge in [0.15, 0.2) is 0 Å². The van der Waals surface area contributed by atoms with Crippen LogP contribution in [0, 0.1) is 0 Å². The van der Waals surface area contributed by atoms with E-state index in [2.05, 4.69) is 20.7 Å². The van der Waals surface area contributed by atoms with Gasteiger partial charge in [0, 0.05) is 15.4 Å². The zero-order valence-electron chi connectivity index (χ0n) is 7.42. The molecular formula is C8H9BrClNO2S. The molecule has 6 heteroatoms. The van der Waals surface area contributed by atoms with E-state index in [0.717, 1.165) is 9.35 Å². The summed E-state index contributed by atoms with van der Waals surface area (Å²) in [6.45, 7) is 0. The zero-order chi connectivity index (χ0) is 10.7. The summed E-state index contributed by atoms with van der Waals surface area (Å²) in [6.07, 6.45) is 0.166. The van der Waals surface area contributed by atoms with E-state index < -0.39 is 0 Å². The van der Waals surface area contributed by atoms with Crippen molar-refractivity contribution in [2.75, 3.05) is 7.11 Å². The number of thiophene rings is 1. The highest BCUT2D eigenvalue weighted by atomic mass is 79.9. The van der Waals surface area contributed by atoms with E-state index in [1.165, 1.54) is 18.4 Å². The van der Waals surface area contributed by atoms with Gasteiger partial charge in [-0.1, -0.05) is 11.6 Å². The molecule has 1 heterocycles. The van der Waals surface area contributed by atoms with Gasteiger partial charge in [0.25, 0.3) is 0 Å². The van der Waals surface area contributed by atoms with Crippen molar-refractivity contribution < 1.29 is 9.53 Å². The molecule has 78 valence electrons. The largest absolute Gasteiger partial charge is 0.469 e. The van der Waals surface area contributed by atoms with Crippen molar-refractivity contribution in [1.82, 2.24) is 0 Å². The van der Waals surface area contributed by atoms with Gasteiger partial charge < -0.3 is 10.5 Å². The van der Waals surface area contributed by atoms with Crippen LogP contribution in [0.1, 0.15) is 17.3 Å². The van der Waals surface area contributed by atoms with E-state index in [1.807, 2.05) is 6.07 Å². The molecule has 1 aromatic rings. The van der Waals surface area contributed by atoms with Crippen LogP contribution in [0.5, 0.6) is 0 Å². The molecule has 1 aromatic heterocycles. The van der Waals surface area contributed by atoms with E-state index in [4.69, 9.17) is 17.3 Å². The molecule has 0 saturated heterocycles. The van der Waals surface area contributed by atoms with E-state index in [1.54, 1.807) is 0 Å². The molecule has 1 atom stereocenters. The molecule has 1 rings (SSSR count). The van der Waals surface area contributed by atoms with E-state index in [9.17, 15) is 4.79 Å². The van der Waals surface area contributed by atoms with E-state index in [0.29, 0.717) is 4.34 Å². The van der Waals surface area contributed by atoms with Crippen LogP contribution in [0.2, 0.25) is 4.34 Å². The Balaban J connectivity index is 2.69. The van der Waals surface area contributed by atoms with E-state index >= 15 is 0 Å². The molecule has 0 amide bonds. The molecule has 0 aromatic carbocycles. The molecule has 0 saturated carbocycles. The second kappa shape index (κ2) is 5.11. The second-order valence-corrected chi connectivity index (χ2v) is 5.20. The van der Waals surface area contributed by atoms with Gasteiger partial charge in [-0.3, -0.25) is 4.79 Å². The van der Waals surface area contributed by atoms with Gasteiger partial charge in [-0.15, -0.1) is 11.3 Å². The predicted octanol–water partition coefficient (Wildman–Crippen LogP) is 2.73. The Labute approximate surface area is 99.3 Å². The average molecular weight is 299 g/mol. The van der Waals surface area contributed by atoms with Crippen molar-refractivity contribution in [3.05, 3.63) is 19.8 Å². The minimum atomic E-state index is -0.351. The first kappa shape index (κ1) is 12.0. The van der Waals surface area contributed by atoms with Crippen molar-refractivity contribution in [1.29, 1.82) is 0 Å². The fourth-order valence-corrected chi connectivity index (χ4v) is 2.65. The molecule has 14 heavy (non-hydrogen) atoms. The Kier molecular flexibility index (Phi) is 4.37. The molecule has 0 bridgehead atoms. The smallest absolute Gasteiger partial charge is 0.307 e. The molecule has 0 unspecified atom stereocenters. The van der Waals surface area contributed by atoms with Gasteiger partial charge in [0.1, 0.15) is 4.34 Å². The van der Waals surface area contributed by atoms with Crippen molar-refractivity contribution >= 4 is 44.8 Å². The first-order valence-electron chi connectivity index (χ1n) is 3.81. The van der Waals surface area contributed by atoms with Crippen molar-refractivity contribution in [3.8, 4) is 0 Å². The molecule has 0 radical (unpaired) electrons. The van der Waals surface area contributed by atoms with Crippen LogP contribution in [0.3, 0.4) is 0 Å². The Morgan fingerprint density at radius 3 is 2.93 bits per heavy atom. The summed E-state index contributed by atoms with van der Waals surface area (Å²) in [5, 5.41) is 0. The SMILES string of the molecule is COC(=O)C[C@H](N)c1cc(Br)c(Cl)s1. The lowest BCUT2D eigenvalue weighted by Crippen LogP contribution is -2.15. The molecule has 0 aliphatic rings. The fourth-order valence-electron chi connectivity index (χ4n) is 0.910. The van der Waals surface area contributed by atoms with Gasteiger partial charge in [-0.25, -0.2) is 0 Å². The summed E-state index contributed by atoms with van der Waals surface area (Å²) in [5.41, 5.74) is 5.78. The van der Waals surface area contributed by atoms with Crippen LogP contribution in [0.15, 0.2) is 10.5 Å². The molecule has 0 aliphatic carbocycles. The topological polar surface area (TPSA) is 52.3 Å². The molecule has 2 N–H and O–H groups in total. The number of carbonyl (C=O) groups excluding carboxylic acids is 1. The number of carbonyl (C=O) groups is 1. The number of halogens is 2. The van der Waals surface area contributed by atoms with Crippen LogP contribution in [0.25, 0.3) is 0 Å². The highest BCUT2D eigenvalue weighted by molar-refractivity contribution is 9.10. The third-order valence-corrected chi connectivity index (χ3v) is 4.25. The maximum atomic E-state index is 10.9. The maximum absolute atomic E-state index is 10.9. The van der Waals surface area contributed by atoms with Crippen LogP contribution >= 0.6 is 38.9 Å². The van der Waals surface area contributed by atoms with Gasteiger partial charge in [-0.05, 0) is 22.0 Å². The molecule has 0 fully saturated rings. The van der Waals surface area contributed by atoms with Gasteiger partial charge in [0.05, 0.1) is 13.5 Å². The number of hydrogen-bond donors (Lipinski definition) is 1. The maximum Gasteiger partial charge on any atom is 0.307 e. The average Bonchev–Trinajstić information content (AvgIpc) is 2.47. The molecule has 0 aliphatic heterocycles. The van der Waals surface area contributed by atoms with Crippen LogP contribution in [0.4, 0.5) is 0 Å². The number of nitrogens with two attached hydrogens (primary N) is 1. The Morgan fingerprint density at radius 1 is 1.86 bits per heavy atom. The van der Waals surface area contributed by atoms with Gasteiger partial charge >= 0.3 is 5.97 Å². The quantitative estimate of drug-likeness (QED) is 0.873. The van der Waals surface area contributed by atoms with Crippen molar-refractivity contribution in [2.24, 2.45) is 5.73 Å². The van der Waals surface area contributed by atoms with Crippen LogP contribution in [-0.2, 0) is 9.53 Å². The molecular weight excluding hydrogens is 290 g/mol. The van der Waals surface area contributed by atoms with Gasteiger partial charge in [-0.2, -0.15) is 0 Å². The Morgan fingerprint density at radius 2 is 2.50 bits per heavy atom. The predicted molar refractivity (Wildman–Crippen MR) is 60.6 cm³/mol. The summed E-state index contributed by atoms with van der Waals surface area (Å²) in [5.74, 6) is -0.321. The van der Waals surface area contributed by atoms with Crippen molar-refractivity contribution in [3.63, 3.8) is 0 Å². The molecule has 0 spiro atoms. The third kappa shape index (κ3) is 2.95. The second-order valence-electron chi connectivity index (χ2n) is 2.66. The minimum Gasteiger partial charge on any atom is -0.469 e. The number of hydrogen-bond acceptors (Lipinski definition) is 4.